The molecular weight excluding hydrogens is 426 g/mol. The summed E-state index contributed by atoms with van der Waals surface area (Å²) in [6, 6.07) is 3.18. The van der Waals surface area contributed by atoms with Crippen LogP contribution in [-0.2, 0) is 19.0 Å². The Morgan fingerprint density at radius 3 is 2.67 bits per heavy atom. The number of nitrogens with zero attached hydrogens (tertiary/aromatic N) is 1. The summed E-state index contributed by atoms with van der Waals surface area (Å²) in [4.78, 5) is 26.2. The van der Waals surface area contributed by atoms with Gasteiger partial charge in [0.15, 0.2) is 0 Å². The molecule has 0 radical (unpaired) electrons. The Bertz CT molecular complexity index is 811. The van der Waals surface area contributed by atoms with Gasteiger partial charge in [-0.3, -0.25) is 4.79 Å². The van der Waals surface area contributed by atoms with Crippen LogP contribution in [0.1, 0.15) is 40.7 Å². The van der Waals surface area contributed by atoms with Crippen molar-refractivity contribution in [2.24, 2.45) is 5.92 Å². The van der Waals surface area contributed by atoms with Crippen LogP contribution in [0.2, 0.25) is 0 Å². The first-order chi connectivity index (χ1) is 15.9. The Labute approximate surface area is 195 Å². The van der Waals surface area contributed by atoms with E-state index in [2.05, 4.69) is 6.58 Å². The maximum Gasteiger partial charge on any atom is 0.335 e. The van der Waals surface area contributed by atoms with Crippen molar-refractivity contribution < 1.29 is 33.6 Å². The van der Waals surface area contributed by atoms with E-state index in [9.17, 15) is 14.7 Å². The van der Waals surface area contributed by atoms with E-state index in [0.717, 1.165) is 30.6 Å². The van der Waals surface area contributed by atoms with E-state index in [1.807, 2.05) is 18.7 Å². The summed E-state index contributed by atoms with van der Waals surface area (Å²) in [7, 11) is 0. The molecule has 0 aromatic heterocycles. The van der Waals surface area contributed by atoms with Gasteiger partial charge in [-0.1, -0.05) is 6.08 Å². The van der Waals surface area contributed by atoms with Crippen molar-refractivity contribution >= 4 is 11.9 Å². The molecule has 2 aliphatic rings. The predicted octanol–water partition coefficient (Wildman–Crippen LogP) is 3.00. The Morgan fingerprint density at radius 1 is 1.27 bits per heavy atom. The summed E-state index contributed by atoms with van der Waals surface area (Å²) in [5.74, 6) is -0.251. The number of hydrogen-bond donors (Lipinski definition) is 1. The topological polar surface area (TPSA) is 94.5 Å². The highest BCUT2D eigenvalue weighted by Crippen LogP contribution is 2.27. The van der Waals surface area contributed by atoms with Gasteiger partial charge >= 0.3 is 5.97 Å². The number of aromatic carboxylic acids is 1. The van der Waals surface area contributed by atoms with Crippen molar-refractivity contribution in [2.45, 2.75) is 45.3 Å². The lowest BCUT2D eigenvalue weighted by molar-refractivity contribution is -0.142. The largest absolute Gasteiger partial charge is 0.491 e. The van der Waals surface area contributed by atoms with Crippen LogP contribution in [0.4, 0.5) is 0 Å². The minimum atomic E-state index is -0.956. The number of aryl methyl sites for hydroxylation is 2. The second-order valence-electron chi connectivity index (χ2n) is 8.71. The van der Waals surface area contributed by atoms with E-state index in [1.165, 1.54) is 0 Å². The molecule has 8 heteroatoms. The molecule has 2 aliphatic heterocycles. The summed E-state index contributed by atoms with van der Waals surface area (Å²) >= 11 is 0. The Hall–Kier alpha value is -2.42. The quantitative estimate of drug-likeness (QED) is 0.400. The smallest absolute Gasteiger partial charge is 0.335 e. The zero-order valence-corrected chi connectivity index (χ0v) is 19.6. The number of benzene rings is 1. The van der Waals surface area contributed by atoms with Gasteiger partial charge in [-0.25, -0.2) is 4.79 Å². The molecule has 33 heavy (non-hydrogen) atoms. The van der Waals surface area contributed by atoms with Crippen LogP contribution in [0.15, 0.2) is 24.8 Å². The van der Waals surface area contributed by atoms with E-state index in [-0.39, 0.29) is 29.5 Å². The lowest BCUT2D eigenvalue weighted by Gasteiger charge is -2.30. The Balaban J connectivity index is 1.52. The molecule has 0 aliphatic carbocycles. The van der Waals surface area contributed by atoms with Crippen LogP contribution in [0.5, 0.6) is 5.75 Å². The first kappa shape index (κ1) is 25.2. The van der Waals surface area contributed by atoms with Gasteiger partial charge in [0.25, 0.3) is 0 Å². The number of amides is 1. The predicted molar refractivity (Wildman–Crippen MR) is 123 cm³/mol. The molecular formula is C25H35NO7. The molecule has 0 bridgehead atoms. The highest BCUT2D eigenvalue weighted by molar-refractivity contribution is 5.88. The van der Waals surface area contributed by atoms with Gasteiger partial charge in [-0.15, -0.1) is 6.58 Å². The minimum Gasteiger partial charge on any atom is -0.491 e. The van der Waals surface area contributed by atoms with E-state index < -0.39 is 5.97 Å². The standard InChI is InChI=1S/C25H35NO7/c1-4-7-30-16-21-13-22(14-26(21)24(27)19-6-5-8-31-15-19)32-9-10-33-23-17(2)11-20(25(28)29)12-18(23)3/h4,11-12,19,21-22H,1,5-10,13-16H2,2-3H3,(H,28,29)/t19?,21-,22-/m1/s1. The van der Waals surface area contributed by atoms with Gasteiger partial charge in [0, 0.05) is 13.2 Å². The number of carbonyl (C=O) groups excluding carboxylic acids is 1. The van der Waals surface area contributed by atoms with Crippen LogP contribution in [0.3, 0.4) is 0 Å². The molecule has 182 valence electrons. The lowest BCUT2D eigenvalue weighted by atomic mass is 10.0. The van der Waals surface area contributed by atoms with Crippen molar-refractivity contribution in [1.82, 2.24) is 4.90 Å². The van der Waals surface area contributed by atoms with Gasteiger partial charge in [0.2, 0.25) is 5.91 Å². The highest BCUT2D eigenvalue weighted by Gasteiger charge is 2.39. The molecule has 0 saturated carbocycles. The monoisotopic (exact) mass is 461 g/mol. The van der Waals surface area contributed by atoms with Crippen molar-refractivity contribution in [3.8, 4) is 5.75 Å². The van der Waals surface area contributed by atoms with Crippen molar-refractivity contribution in [3.63, 3.8) is 0 Å². The molecule has 8 nitrogen and oxygen atoms in total. The Morgan fingerprint density at radius 2 is 2.03 bits per heavy atom. The van der Waals surface area contributed by atoms with E-state index in [1.54, 1.807) is 18.2 Å². The normalized spacial score (nSPS) is 22.8. The number of carboxylic acid groups (broad SMARTS) is 1. The van der Waals surface area contributed by atoms with Gasteiger partial charge < -0.3 is 29.0 Å². The number of likely N-dealkylation sites (tertiary alicyclic amines) is 1. The van der Waals surface area contributed by atoms with Gasteiger partial charge in [0.05, 0.1) is 50.1 Å². The average Bonchev–Trinajstić information content (AvgIpc) is 3.21. The third kappa shape index (κ3) is 6.79. The maximum absolute atomic E-state index is 13.1. The van der Waals surface area contributed by atoms with Crippen molar-refractivity contribution in [3.05, 3.63) is 41.5 Å². The second kappa shape index (κ2) is 12.2. The molecule has 2 fully saturated rings. The van der Waals surface area contributed by atoms with E-state index >= 15 is 0 Å². The van der Waals surface area contributed by atoms with Crippen LogP contribution in [-0.4, -0.2) is 80.2 Å². The molecule has 0 spiro atoms. The summed E-state index contributed by atoms with van der Waals surface area (Å²) in [5, 5.41) is 9.18. The van der Waals surface area contributed by atoms with Gasteiger partial charge in [-0.2, -0.15) is 0 Å². The summed E-state index contributed by atoms with van der Waals surface area (Å²) < 4.78 is 23.1. The number of carbonyl (C=O) groups is 2. The fourth-order valence-corrected chi connectivity index (χ4v) is 4.54. The SMILES string of the molecule is C=CCOC[C@H]1C[C@@H](OCCOc2c(C)cc(C(=O)O)cc2C)CN1C(=O)C1CCCOC1. The molecule has 1 aromatic rings. The molecule has 1 unspecified atom stereocenters. The maximum atomic E-state index is 13.1. The number of hydrogen-bond acceptors (Lipinski definition) is 6. The molecule has 1 N–H and O–H groups in total. The molecule has 1 aromatic carbocycles. The van der Waals surface area contributed by atoms with Crippen molar-refractivity contribution in [2.75, 3.05) is 46.2 Å². The van der Waals surface area contributed by atoms with Gasteiger partial charge in [0.1, 0.15) is 12.4 Å². The lowest BCUT2D eigenvalue weighted by Crippen LogP contribution is -2.44. The van der Waals surface area contributed by atoms with Crippen LogP contribution in [0.25, 0.3) is 0 Å². The van der Waals surface area contributed by atoms with E-state index in [0.29, 0.717) is 51.7 Å². The molecule has 2 heterocycles. The minimum absolute atomic E-state index is 0.0293. The molecule has 3 rings (SSSR count). The zero-order valence-electron chi connectivity index (χ0n) is 19.6. The van der Waals surface area contributed by atoms with Crippen LogP contribution in [0, 0.1) is 19.8 Å². The zero-order chi connectivity index (χ0) is 23.8. The van der Waals surface area contributed by atoms with Gasteiger partial charge in [-0.05, 0) is 56.4 Å². The summed E-state index contributed by atoms with van der Waals surface area (Å²) in [6.45, 7) is 10.7. The highest BCUT2D eigenvalue weighted by atomic mass is 16.5. The summed E-state index contributed by atoms with van der Waals surface area (Å²) in [5.41, 5.74) is 1.80. The third-order valence-corrected chi connectivity index (χ3v) is 6.11. The summed E-state index contributed by atoms with van der Waals surface area (Å²) in [6.07, 6.45) is 4.09. The molecule has 3 atom stereocenters. The van der Waals surface area contributed by atoms with Crippen LogP contribution < -0.4 is 4.74 Å². The molecule has 1 amide bonds. The fourth-order valence-electron chi connectivity index (χ4n) is 4.54. The Kier molecular flexibility index (Phi) is 9.29. The van der Waals surface area contributed by atoms with Crippen LogP contribution >= 0.6 is 0 Å². The third-order valence-electron chi connectivity index (χ3n) is 6.11. The number of rotatable bonds is 11. The average molecular weight is 462 g/mol. The van der Waals surface area contributed by atoms with Crippen molar-refractivity contribution in [1.29, 1.82) is 0 Å². The van der Waals surface area contributed by atoms with E-state index in [4.69, 9.17) is 18.9 Å². The fraction of sp³-hybridized carbons (Fsp3) is 0.600. The first-order valence-electron chi connectivity index (χ1n) is 11.6. The molecule has 2 saturated heterocycles. The second-order valence-corrected chi connectivity index (χ2v) is 8.71. The first-order valence-corrected chi connectivity index (χ1v) is 11.6. The number of ether oxygens (including phenoxy) is 4. The number of carboxylic acids is 1.